The van der Waals surface area contributed by atoms with Crippen LogP contribution in [0.4, 0.5) is 0 Å². The number of hydrogen-bond donors (Lipinski definition) is 1. The number of nitrogens with one attached hydrogen (secondary N) is 1. The Bertz CT molecular complexity index is 885. The van der Waals surface area contributed by atoms with Crippen LogP contribution in [-0.2, 0) is 6.42 Å². The van der Waals surface area contributed by atoms with Gasteiger partial charge in [-0.25, -0.2) is 0 Å². The molecule has 0 spiro atoms. The zero-order chi connectivity index (χ0) is 21.1. The Labute approximate surface area is 173 Å². The molecule has 2 rings (SSSR count). The van der Waals surface area contributed by atoms with Crippen LogP contribution in [0.3, 0.4) is 0 Å². The van der Waals surface area contributed by atoms with Crippen LogP contribution in [0.25, 0.3) is 5.57 Å². The van der Waals surface area contributed by atoms with Gasteiger partial charge in [0.15, 0.2) is 0 Å². The number of hydrogen-bond acceptors (Lipinski definition) is 1. The summed E-state index contributed by atoms with van der Waals surface area (Å²) >= 11 is 0. The lowest BCUT2D eigenvalue weighted by molar-refractivity contribution is 1.08. The second kappa shape index (κ2) is 9.14. The van der Waals surface area contributed by atoms with Crippen LogP contribution in [0.2, 0.25) is 18.1 Å². The molecule has 0 aromatic carbocycles. The van der Waals surface area contributed by atoms with E-state index in [0.29, 0.717) is 0 Å². The van der Waals surface area contributed by atoms with Crippen molar-refractivity contribution in [2.75, 3.05) is 0 Å². The maximum absolute atomic E-state index is 5.00. The molecule has 0 atom stereocenters. The Morgan fingerprint density at radius 1 is 0.929 bits per heavy atom. The van der Waals surface area contributed by atoms with E-state index in [4.69, 9.17) is 4.99 Å². The number of H-pyrrole nitrogens is 1. The van der Waals surface area contributed by atoms with Crippen LogP contribution in [0.5, 0.6) is 0 Å². The smallest absolute Gasteiger partial charge is 0.138 e. The number of aliphatic imine (C=N–C) groups is 1. The van der Waals surface area contributed by atoms with Crippen molar-refractivity contribution in [3.8, 4) is 11.5 Å². The van der Waals surface area contributed by atoms with Gasteiger partial charge in [0, 0.05) is 11.4 Å². The van der Waals surface area contributed by atoms with Crippen LogP contribution >= 0.6 is 0 Å². The summed E-state index contributed by atoms with van der Waals surface area (Å²) in [4.78, 5) is 8.66. The summed E-state index contributed by atoms with van der Waals surface area (Å²) in [5.74, 6) is 3.69. The minimum Gasteiger partial charge on any atom is -0.358 e. The highest BCUT2D eigenvalue weighted by Gasteiger charge is 2.26. The molecule has 2 heterocycles. The molecule has 1 aromatic rings. The van der Waals surface area contributed by atoms with E-state index in [1.807, 2.05) is 0 Å². The second-order valence-electron chi connectivity index (χ2n) is 8.05. The molecule has 0 bridgehead atoms. The van der Waals surface area contributed by atoms with Crippen LogP contribution < -0.4 is 0 Å². The monoisotopic (exact) mass is 394 g/mol. The summed E-state index contributed by atoms with van der Waals surface area (Å²) < 4.78 is 0. The van der Waals surface area contributed by atoms with Crippen LogP contribution in [0, 0.1) is 25.3 Å². The summed E-state index contributed by atoms with van der Waals surface area (Å²) in [6, 6.07) is 3.65. The first-order chi connectivity index (χ1) is 13.3. The summed E-state index contributed by atoms with van der Waals surface area (Å²) in [7, 11) is -1.53. The van der Waals surface area contributed by atoms with E-state index in [1.165, 1.54) is 51.8 Å². The molecular weight excluding hydrogens is 356 g/mol. The maximum atomic E-state index is 5.00. The summed E-state index contributed by atoms with van der Waals surface area (Å²) in [6.45, 7) is 20.2. The lowest BCUT2D eigenvalue weighted by atomic mass is 9.98. The number of rotatable bonds is 6. The van der Waals surface area contributed by atoms with E-state index in [0.717, 1.165) is 29.8 Å². The first-order valence-corrected chi connectivity index (χ1v) is 13.6. The third kappa shape index (κ3) is 3.98. The molecule has 1 aliphatic heterocycles. The van der Waals surface area contributed by atoms with E-state index in [-0.39, 0.29) is 0 Å². The highest BCUT2D eigenvalue weighted by atomic mass is 28.3. The van der Waals surface area contributed by atoms with Crippen LogP contribution in [0.1, 0.15) is 77.4 Å². The van der Waals surface area contributed by atoms with Gasteiger partial charge in [0.1, 0.15) is 8.07 Å². The van der Waals surface area contributed by atoms with Gasteiger partial charge < -0.3 is 4.98 Å². The van der Waals surface area contributed by atoms with Gasteiger partial charge in [0.25, 0.3) is 0 Å². The maximum Gasteiger partial charge on any atom is 0.138 e. The van der Waals surface area contributed by atoms with Crippen LogP contribution in [-0.4, -0.2) is 18.8 Å². The minimum absolute atomic E-state index is 1.02. The van der Waals surface area contributed by atoms with E-state index < -0.39 is 8.07 Å². The average molecular weight is 395 g/mol. The normalized spacial score (nSPS) is 16.2. The standard InChI is InChI=1S/C25H38N2Si/c1-10-21-17(6)24(26-19(21)8)23(15-16-28(12-3,13-4)14-5)25-18(7)22(11-2)20(9)27-25/h26H,10-14H2,1-9H3/b25-23-. The molecule has 1 aliphatic rings. The SMILES string of the molecule is CCC1=C(C)/C(=C(\C#C[Si](CC)(CC)CC)c2[nH]c(C)c(CC)c2C)N=C1C. The van der Waals surface area contributed by atoms with Crippen molar-refractivity contribution in [3.05, 3.63) is 39.4 Å². The quantitative estimate of drug-likeness (QED) is 0.392. The zero-order valence-electron chi connectivity index (χ0n) is 19.5. The van der Waals surface area contributed by atoms with Gasteiger partial charge >= 0.3 is 0 Å². The van der Waals surface area contributed by atoms with Gasteiger partial charge in [-0.3, -0.25) is 4.99 Å². The molecule has 0 fully saturated rings. The Morgan fingerprint density at radius 2 is 1.54 bits per heavy atom. The van der Waals surface area contributed by atoms with Crippen LogP contribution in [0.15, 0.2) is 21.8 Å². The van der Waals surface area contributed by atoms with E-state index in [1.54, 1.807) is 0 Å². The van der Waals surface area contributed by atoms with Crippen molar-refractivity contribution in [1.82, 2.24) is 4.98 Å². The molecule has 0 unspecified atom stereocenters. The molecule has 2 nitrogen and oxygen atoms in total. The fraction of sp³-hybridized carbons (Fsp3) is 0.560. The fourth-order valence-corrected chi connectivity index (χ4v) is 6.94. The van der Waals surface area contributed by atoms with E-state index in [9.17, 15) is 0 Å². The number of aromatic nitrogens is 1. The number of allylic oxidation sites excluding steroid dienone is 3. The van der Waals surface area contributed by atoms with Crippen molar-refractivity contribution in [2.24, 2.45) is 4.99 Å². The molecule has 0 aliphatic carbocycles. The predicted molar refractivity (Wildman–Crippen MR) is 128 cm³/mol. The molecule has 0 saturated heterocycles. The largest absolute Gasteiger partial charge is 0.358 e. The third-order valence-corrected chi connectivity index (χ3v) is 11.5. The fourth-order valence-electron chi connectivity index (χ4n) is 4.52. The lowest BCUT2D eigenvalue weighted by Gasteiger charge is -2.20. The Kier molecular flexibility index (Phi) is 7.34. The first-order valence-electron chi connectivity index (χ1n) is 11.0. The molecule has 0 amide bonds. The Balaban J connectivity index is 2.81. The van der Waals surface area contributed by atoms with Crippen molar-refractivity contribution < 1.29 is 0 Å². The topological polar surface area (TPSA) is 28.1 Å². The molecule has 0 saturated carbocycles. The van der Waals surface area contributed by atoms with Gasteiger partial charge in [-0.1, -0.05) is 40.5 Å². The highest BCUT2D eigenvalue weighted by Crippen LogP contribution is 2.35. The van der Waals surface area contributed by atoms with Gasteiger partial charge in [0.05, 0.1) is 17.0 Å². The summed E-state index contributed by atoms with van der Waals surface area (Å²) in [6.07, 6.45) is 2.06. The number of nitrogens with zero attached hydrogens (tertiary/aromatic N) is 1. The van der Waals surface area contributed by atoms with Crippen molar-refractivity contribution in [1.29, 1.82) is 0 Å². The Morgan fingerprint density at radius 3 is 1.96 bits per heavy atom. The van der Waals surface area contributed by atoms with Gasteiger partial charge in [0.2, 0.25) is 0 Å². The van der Waals surface area contributed by atoms with Gasteiger partial charge in [-0.05, 0) is 80.9 Å². The predicted octanol–water partition coefficient (Wildman–Crippen LogP) is 7.16. The van der Waals surface area contributed by atoms with E-state index >= 15 is 0 Å². The molecule has 3 heteroatoms. The second-order valence-corrected chi connectivity index (χ2v) is 13.0. The number of aromatic amines is 1. The molecule has 1 N–H and O–H groups in total. The number of aryl methyl sites for hydroxylation is 1. The van der Waals surface area contributed by atoms with E-state index in [2.05, 4.69) is 78.8 Å². The van der Waals surface area contributed by atoms with Crippen molar-refractivity contribution in [2.45, 2.75) is 93.3 Å². The molecular formula is C25H38N2Si. The average Bonchev–Trinajstić information content (AvgIpc) is 3.14. The van der Waals surface area contributed by atoms with Gasteiger partial charge in [-0.15, -0.1) is 5.54 Å². The summed E-state index contributed by atoms with van der Waals surface area (Å²) in [5.41, 5.74) is 15.0. The molecule has 152 valence electrons. The molecule has 28 heavy (non-hydrogen) atoms. The first kappa shape index (κ1) is 22.5. The Hall–Kier alpha value is -1.79. The summed E-state index contributed by atoms with van der Waals surface area (Å²) in [5, 5.41) is 0. The third-order valence-electron chi connectivity index (χ3n) is 6.79. The lowest BCUT2D eigenvalue weighted by Crippen LogP contribution is -2.29. The van der Waals surface area contributed by atoms with Crippen molar-refractivity contribution in [3.63, 3.8) is 0 Å². The van der Waals surface area contributed by atoms with Gasteiger partial charge in [-0.2, -0.15) is 0 Å². The van der Waals surface area contributed by atoms with Crippen molar-refractivity contribution >= 4 is 19.4 Å². The molecule has 0 radical (unpaired) electrons. The minimum atomic E-state index is -1.53. The zero-order valence-corrected chi connectivity index (χ0v) is 20.5. The molecule has 1 aromatic heterocycles. The highest BCUT2D eigenvalue weighted by molar-refractivity contribution is 6.87.